The predicted molar refractivity (Wildman–Crippen MR) is 97.5 cm³/mol. The molecule has 0 unspecified atom stereocenters. The van der Waals surface area contributed by atoms with E-state index >= 15 is 0 Å². The van der Waals surface area contributed by atoms with Gasteiger partial charge in [0.1, 0.15) is 0 Å². The molecule has 0 aromatic rings. The van der Waals surface area contributed by atoms with Crippen molar-refractivity contribution in [3.63, 3.8) is 0 Å². The van der Waals surface area contributed by atoms with Gasteiger partial charge in [-0.15, -0.1) is 0 Å². The fourth-order valence-corrected chi connectivity index (χ4v) is 2.13. The van der Waals surface area contributed by atoms with Gasteiger partial charge in [-0.1, -0.05) is 55.4 Å². The van der Waals surface area contributed by atoms with Crippen molar-refractivity contribution in [1.82, 2.24) is 0 Å². The maximum atomic E-state index is 12.6. The average Bonchev–Trinajstić information content (AvgIpc) is 2.45. The Hall–Kier alpha value is -1.32. The Kier molecular flexibility index (Phi) is 10.7. The summed E-state index contributed by atoms with van der Waals surface area (Å²) in [6.45, 7) is 16.8. The van der Waals surface area contributed by atoms with Crippen LogP contribution in [0.4, 0.5) is 0 Å². The minimum atomic E-state index is -0.380. The predicted octanol–water partition coefficient (Wildman–Crippen LogP) is 4.77. The molecule has 24 heavy (non-hydrogen) atoms. The van der Waals surface area contributed by atoms with Gasteiger partial charge in [-0.25, -0.2) is 9.59 Å². The second-order valence-electron chi connectivity index (χ2n) is 8.14. The van der Waals surface area contributed by atoms with Crippen LogP contribution >= 0.6 is 0 Å². The summed E-state index contributed by atoms with van der Waals surface area (Å²) in [6.07, 6.45) is 1.05. The molecule has 0 saturated heterocycles. The number of hydrogen-bond acceptors (Lipinski definition) is 4. The Bertz CT molecular complexity index is 391. The molecule has 0 amide bonds. The molecule has 0 aliphatic rings. The lowest BCUT2D eigenvalue weighted by atomic mass is 9.92. The molecule has 0 fully saturated rings. The Morgan fingerprint density at radius 2 is 0.875 bits per heavy atom. The first-order valence-corrected chi connectivity index (χ1v) is 9.10. The third-order valence-corrected chi connectivity index (χ3v) is 3.18. The van der Waals surface area contributed by atoms with Crippen LogP contribution in [0.25, 0.3) is 0 Å². The van der Waals surface area contributed by atoms with E-state index in [0.717, 1.165) is 0 Å². The number of carbonyl (C=O) groups excluding carboxylic acids is 2. The van der Waals surface area contributed by atoms with Crippen LogP contribution in [0.2, 0.25) is 0 Å². The number of hydrogen-bond donors (Lipinski definition) is 0. The van der Waals surface area contributed by atoms with Crippen molar-refractivity contribution < 1.29 is 19.1 Å². The number of carbonyl (C=O) groups is 2. The van der Waals surface area contributed by atoms with E-state index in [1.54, 1.807) is 0 Å². The SMILES string of the molecule is CC(C)COC(=O)C(CC(C)C)=C(CC(C)C)C(=O)OCC(C)C. The largest absolute Gasteiger partial charge is 0.462 e. The third-order valence-electron chi connectivity index (χ3n) is 3.18. The van der Waals surface area contributed by atoms with E-state index in [9.17, 15) is 9.59 Å². The van der Waals surface area contributed by atoms with Crippen molar-refractivity contribution in [3.05, 3.63) is 11.1 Å². The summed E-state index contributed by atoms with van der Waals surface area (Å²) in [4.78, 5) is 25.1. The highest BCUT2D eigenvalue weighted by molar-refractivity contribution is 6.00. The van der Waals surface area contributed by atoms with Crippen molar-refractivity contribution in [1.29, 1.82) is 0 Å². The molecule has 4 nitrogen and oxygen atoms in total. The molecule has 0 heterocycles. The fraction of sp³-hybridized carbons (Fsp3) is 0.800. The second-order valence-corrected chi connectivity index (χ2v) is 8.14. The number of rotatable bonds is 10. The summed E-state index contributed by atoms with van der Waals surface area (Å²) in [6, 6.07) is 0. The first kappa shape index (κ1) is 22.7. The maximum absolute atomic E-state index is 12.6. The zero-order valence-corrected chi connectivity index (χ0v) is 16.8. The van der Waals surface area contributed by atoms with E-state index in [0.29, 0.717) is 37.2 Å². The van der Waals surface area contributed by atoms with E-state index in [2.05, 4.69) is 0 Å². The Morgan fingerprint density at radius 1 is 0.583 bits per heavy atom. The van der Waals surface area contributed by atoms with Crippen LogP contribution in [-0.2, 0) is 19.1 Å². The van der Waals surface area contributed by atoms with Gasteiger partial charge in [-0.2, -0.15) is 0 Å². The molecule has 0 aromatic carbocycles. The van der Waals surface area contributed by atoms with Crippen molar-refractivity contribution in [2.75, 3.05) is 13.2 Å². The lowest BCUT2D eigenvalue weighted by molar-refractivity contribution is -0.143. The van der Waals surface area contributed by atoms with E-state index in [1.165, 1.54) is 0 Å². The van der Waals surface area contributed by atoms with Gasteiger partial charge in [0.15, 0.2) is 0 Å². The number of ether oxygens (including phenoxy) is 2. The van der Waals surface area contributed by atoms with Crippen molar-refractivity contribution in [2.45, 2.75) is 68.2 Å². The highest BCUT2D eigenvalue weighted by Crippen LogP contribution is 2.24. The lowest BCUT2D eigenvalue weighted by Gasteiger charge is -2.18. The van der Waals surface area contributed by atoms with Crippen LogP contribution in [0.15, 0.2) is 11.1 Å². The first-order chi connectivity index (χ1) is 11.0. The molecule has 4 heteroatoms. The Balaban J connectivity index is 5.58. The standard InChI is InChI=1S/C20H36O4/c1-13(2)9-17(19(21)23-11-15(5)6)18(10-14(3)4)20(22)24-12-16(7)8/h13-16H,9-12H2,1-8H3. The van der Waals surface area contributed by atoms with Crippen LogP contribution in [-0.4, -0.2) is 25.2 Å². The smallest absolute Gasteiger partial charge is 0.334 e. The van der Waals surface area contributed by atoms with Crippen molar-refractivity contribution in [2.24, 2.45) is 23.7 Å². The van der Waals surface area contributed by atoms with Gasteiger partial charge < -0.3 is 9.47 Å². The quantitative estimate of drug-likeness (QED) is 0.424. The molecule has 0 aliphatic heterocycles. The van der Waals surface area contributed by atoms with E-state index < -0.39 is 0 Å². The summed E-state index contributed by atoms with van der Waals surface area (Å²) >= 11 is 0. The van der Waals surface area contributed by atoms with Crippen LogP contribution in [0.5, 0.6) is 0 Å². The van der Waals surface area contributed by atoms with Gasteiger partial charge in [-0.3, -0.25) is 0 Å². The molecule has 0 spiro atoms. The van der Waals surface area contributed by atoms with Crippen LogP contribution < -0.4 is 0 Å². The molecule has 0 aromatic heterocycles. The topological polar surface area (TPSA) is 52.6 Å². The average molecular weight is 341 g/mol. The Morgan fingerprint density at radius 3 is 1.08 bits per heavy atom. The van der Waals surface area contributed by atoms with Gasteiger partial charge in [0, 0.05) is 11.1 Å². The van der Waals surface area contributed by atoms with Gasteiger partial charge >= 0.3 is 11.9 Å². The lowest BCUT2D eigenvalue weighted by Crippen LogP contribution is -2.21. The van der Waals surface area contributed by atoms with Crippen molar-refractivity contribution >= 4 is 11.9 Å². The fourth-order valence-electron chi connectivity index (χ4n) is 2.13. The van der Waals surface area contributed by atoms with Gasteiger partial charge in [0.2, 0.25) is 0 Å². The highest BCUT2D eigenvalue weighted by atomic mass is 16.5. The van der Waals surface area contributed by atoms with Gasteiger partial charge in [0.05, 0.1) is 13.2 Å². The Labute approximate surface area is 148 Å². The van der Waals surface area contributed by atoms with Crippen LogP contribution in [0.1, 0.15) is 68.2 Å². The molecule has 0 atom stereocenters. The molecule has 0 N–H and O–H groups in total. The summed E-state index contributed by atoms with van der Waals surface area (Å²) in [5.41, 5.74) is 0.959. The number of esters is 2. The molecular weight excluding hydrogens is 304 g/mol. The highest BCUT2D eigenvalue weighted by Gasteiger charge is 2.25. The monoisotopic (exact) mass is 340 g/mol. The molecule has 0 radical (unpaired) electrons. The minimum absolute atomic E-state index is 0.256. The molecule has 0 bridgehead atoms. The summed E-state index contributed by atoms with van der Waals surface area (Å²) < 4.78 is 10.8. The van der Waals surface area contributed by atoms with E-state index in [-0.39, 0.29) is 35.6 Å². The van der Waals surface area contributed by atoms with Crippen LogP contribution in [0.3, 0.4) is 0 Å². The maximum Gasteiger partial charge on any atom is 0.334 e. The minimum Gasteiger partial charge on any atom is -0.462 e. The third kappa shape index (κ3) is 9.74. The zero-order chi connectivity index (χ0) is 18.9. The van der Waals surface area contributed by atoms with E-state index in [1.807, 2.05) is 55.4 Å². The van der Waals surface area contributed by atoms with Gasteiger partial charge in [-0.05, 0) is 36.5 Å². The summed E-state index contributed by atoms with van der Waals surface area (Å²) in [5, 5.41) is 0. The molecular formula is C20H36O4. The normalized spacial score (nSPS) is 12.8. The first-order valence-electron chi connectivity index (χ1n) is 9.10. The molecule has 0 saturated carbocycles. The summed E-state index contributed by atoms with van der Waals surface area (Å²) in [7, 11) is 0. The van der Waals surface area contributed by atoms with E-state index in [4.69, 9.17) is 9.47 Å². The van der Waals surface area contributed by atoms with Gasteiger partial charge in [0.25, 0.3) is 0 Å². The summed E-state index contributed by atoms with van der Waals surface area (Å²) in [5.74, 6) is 0.272. The van der Waals surface area contributed by atoms with Crippen LogP contribution in [0, 0.1) is 23.7 Å². The molecule has 0 rings (SSSR count). The molecule has 140 valence electrons. The van der Waals surface area contributed by atoms with Crippen molar-refractivity contribution in [3.8, 4) is 0 Å². The zero-order valence-electron chi connectivity index (χ0n) is 16.8. The second kappa shape index (κ2) is 11.3. The molecule has 0 aliphatic carbocycles.